The summed E-state index contributed by atoms with van der Waals surface area (Å²) in [6.45, 7) is 9.19. The fourth-order valence-corrected chi connectivity index (χ4v) is 3.37. The third-order valence-corrected chi connectivity index (χ3v) is 4.63. The van der Waals surface area contributed by atoms with Crippen molar-refractivity contribution in [3.05, 3.63) is 34.9 Å². The third kappa shape index (κ3) is 5.78. The van der Waals surface area contributed by atoms with Crippen LogP contribution < -0.4 is 5.32 Å². The first-order valence-corrected chi connectivity index (χ1v) is 8.28. The maximum absolute atomic E-state index is 6.11. The Morgan fingerprint density at radius 3 is 2.86 bits per heavy atom. The molecule has 1 aliphatic rings. The number of rotatable bonds is 5. The maximum Gasteiger partial charge on any atom is 0.0408 e. The van der Waals surface area contributed by atoms with Crippen LogP contribution in [-0.4, -0.2) is 37.1 Å². The van der Waals surface area contributed by atoms with Crippen molar-refractivity contribution in [1.82, 2.24) is 10.2 Å². The topological polar surface area (TPSA) is 15.3 Å². The number of halogens is 2. The van der Waals surface area contributed by atoms with E-state index in [0.29, 0.717) is 5.92 Å². The third-order valence-electron chi connectivity index (χ3n) is 4.39. The van der Waals surface area contributed by atoms with Crippen molar-refractivity contribution in [2.45, 2.75) is 45.1 Å². The predicted molar refractivity (Wildman–Crippen MR) is 94.9 cm³/mol. The molecule has 0 spiro atoms. The largest absolute Gasteiger partial charge is 0.317 e. The van der Waals surface area contributed by atoms with Gasteiger partial charge in [0, 0.05) is 17.6 Å². The van der Waals surface area contributed by atoms with E-state index < -0.39 is 0 Å². The quantitative estimate of drug-likeness (QED) is 0.864. The molecule has 0 radical (unpaired) electrons. The van der Waals surface area contributed by atoms with E-state index in [1.54, 1.807) is 0 Å². The van der Waals surface area contributed by atoms with Gasteiger partial charge in [0.2, 0.25) is 0 Å². The van der Waals surface area contributed by atoms with Gasteiger partial charge in [-0.15, -0.1) is 12.4 Å². The molecule has 1 N–H and O–H groups in total. The second kappa shape index (κ2) is 9.68. The normalized spacial score (nSPS) is 20.7. The zero-order chi connectivity index (χ0) is 14.4. The summed E-state index contributed by atoms with van der Waals surface area (Å²) in [5.74, 6) is 0.532. The van der Waals surface area contributed by atoms with Gasteiger partial charge in [0.05, 0.1) is 0 Å². The summed E-state index contributed by atoms with van der Waals surface area (Å²) in [5, 5.41) is 4.35. The Bertz CT molecular complexity index is 404. The molecular formula is C17H28Cl2N2. The first-order chi connectivity index (χ1) is 9.70. The zero-order valence-corrected chi connectivity index (χ0v) is 14.7. The van der Waals surface area contributed by atoms with Crippen LogP contribution in [0.4, 0.5) is 0 Å². The minimum absolute atomic E-state index is 0. The van der Waals surface area contributed by atoms with Crippen LogP contribution >= 0.6 is 24.0 Å². The molecule has 0 aromatic heterocycles. The number of nitrogens with zero attached hydrogens (tertiary/aromatic N) is 1. The molecule has 0 amide bonds. The highest BCUT2D eigenvalue weighted by Crippen LogP contribution is 2.23. The summed E-state index contributed by atoms with van der Waals surface area (Å²) in [5.41, 5.74) is 1.35. The Morgan fingerprint density at radius 1 is 1.33 bits per heavy atom. The highest BCUT2D eigenvalue weighted by Gasteiger charge is 2.20. The smallest absolute Gasteiger partial charge is 0.0408 e. The fourth-order valence-electron chi connectivity index (χ4n) is 3.17. The minimum atomic E-state index is 0. The number of likely N-dealkylation sites (N-methyl/N-ethyl adjacent to an activating group) is 1. The molecule has 21 heavy (non-hydrogen) atoms. The van der Waals surface area contributed by atoms with E-state index in [0.717, 1.165) is 30.7 Å². The van der Waals surface area contributed by atoms with Crippen molar-refractivity contribution in [1.29, 1.82) is 0 Å². The van der Waals surface area contributed by atoms with Crippen LogP contribution in [0.25, 0.3) is 0 Å². The van der Waals surface area contributed by atoms with Gasteiger partial charge < -0.3 is 10.2 Å². The van der Waals surface area contributed by atoms with Crippen molar-refractivity contribution in [3.63, 3.8) is 0 Å². The fraction of sp³-hybridized carbons (Fsp3) is 0.647. The molecule has 2 rings (SSSR count). The van der Waals surface area contributed by atoms with Crippen LogP contribution in [0.2, 0.25) is 5.02 Å². The molecule has 120 valence electrons. The predicted octanol–water partition coefficient (Wildman–Crippen LogP) is 4.33. The van der Waals surface area contributed by atoms with Gasteiger partial charge in [-0.05, 0) is 62.5 Å². The number of hydrogen-bond donors (Lipinski definition) is 1. The van der Waals surface area contributed by atoms with Crippen LogP contribution in [0.1, 0.15) is 44.6 Å². The molecule has 1 saturated heterocycles. The van der Waals surface area contributed by atoms with Crippen LogP contribution in [0.3, 0.4) is 0 Å². The summed E-state index contributed by atoms with van der Waals surface area (Å²) in [6, 6.07) is 9.04. The second-order valence-corrected chi connectivity index (χ2v) is 6.31. The lowest BCUT2D eigenvalue weighted by molar-refractivity contribution is 0.182. The number of benzene rings is 1. The molecule has 0 saturated carbocycles. The first-order valence-electron chi connectivity index (χ1n) is 7.91. The monoisotopic (exact) mass is 330 g/mol. The lowest BCUT2D eigenvalue weighted by Crippen LogP contribution is -2.38. The molecule has 0 aliphatic carbocycles. The van der Waals surface area contributed by atoms with E-state index in [4.69, 9.17) is 11.6 Å². The Labute approximate surface area is 140 Å². The molecule has 2 unspecified atom stereocenters. The van der Waals surface area contributed by atoms with E-state index in [1.807, 2.05) is 6.07 Å². The minimum Gasteiger partial charge on any atom is -0.317 e. The molecule has 1 fully saturated rings. The van der Waals surface area contributed by atoms with Crippen LogP contribution in [0, 0.1) is 0 Å². The van der Waals surface area contributed by atoms with E-state index in [-0.39, 0.29) is 12.4 Å². The summed E-state index contributed by atoms with van der Waals surface area (Å²) < 4.78 is 0. The Hall–Kier alpha value is -0.280. The van der Waals surface area contributed by atoms with Gasteiger partial charge in [0.25, 0.3) is 0 Å². The molecule has 1 heterocycles. The number of hydrogen-bond acceptors (Lipinski definition) is 2. The number of nitrogens with one attached hydrogen (secondary N) is 1. The summed E-state index contributed by atoms with van der Waals surface area (Å²) in [7, 11) is 0. The van der Waals surface area contributed by atoms with Gasteiger partial charge in [0.15, 0.2) is 0 Å². The maximum atomic E-state index is 6.11. The molecule has 4 heteroatoms. The van der Waals surface area contributed by atoms with Crippen LogP contribution in [0.5, 0.6) is 0 Å². The molecule has 2 nitrogen and oxygen atoms in total. The standard InChI is InChI=1S/C17H27ClN2.ClH/c1-3-20(17-8-5-10-19-11-9-17)13-14(2)15-6-4-7-16(18)12-15;/h4,6-7,12,14,17,19H,3,5,8-11,13H2,1-2H3;1H. The lowest BCUT2D eigenvalue weighted by atomic mass is 9.98. The average molecular weight is 331 g/mol. The van der Waals surface area contributed by atoms with Crippen molar-refractivity contribution in [2.75, 3.05) is 26.2 Å². The summed E-state index contributed by atoms with van der Waals surface area (Å²) >= 11 is 6.11. The lowest BCUT2D eigenvalue weighted by Gasteiger charge is -2.32. The molecular weight excluding hydrogens is 303 g/mol. The molecule has 1 aliphatic heterocycles. The molecule has 1 aromatic rings. The Kier molecular flexibility index (Phi) is 8.65. The van der Waals surface area contributed by atoms with Crippen LogP contribution in [-0.2, 0) is 0 Å². The van der Waals surface area contributed by atoms with Crippen molar-refractivity contribution < 1.29 is 0 Å². The van der Waals surface area contributed by atoms with Gasteiger partial charge >= 0.3 is 0 Å². The Balaban J connectivity index is 0.00000220. The highest BCUT2D eigenvalue weighted by molar-refractivity contribution is 6.30. The van der Waals surface area contributed by atoms with Gasteiger partial charge in [-0.25, -0.2) is 0 Å². The van der Waals surface area contributed by atoms with E-state index in [1.165, 1.54) is 31.4 Å². The Morgan fingerprint density at radius 2 is 2.14 bits per heavy atom. The van der Waals surface area contributed by atoms with Crippen LogP contribution in [0.15, 0.2) is 24.3 Å². The van der Waals surface area contributed by atoms with Crippen molar-refractivity contribution in [2.24, 2.45) is 0 Å². The van der Waals surface area contributed by atoms with Gasteiger partial charge in [0.1, 0.15) is 0 Å². The first kappa shape index (κ1) is 18.8. The van der Waals surface area contributed by atoms with Gasteiger partial charge in [-0.2, -0.15) is 0 Å². The van der Waals surface area contributed by atoms with E-state index in [9.17, 15) is 0 Å². The van der Waals surface area contributed by atoms with Gasteiger partial charge in [-0.1, -0.05) is 37.6 Å². The van der Waals surface area contributed by atoms with E-state index in [2.05, 4.69) is 42.3 Å². The molecule has 0 bridgehead atoms. The van der Waals surface area contributed by atoms with E-state index >= 15 is 0 Å². The summed E-state index contributed by atoms with van der Waals surface area (Å²) in [4.78, 5) is 2.65. The second-order valence-electron chi connectivity index (χ2n) is 5.88. The zero-order valence-electron chi connectivity index (χ0n) is 13.1. The van der Waals surface area contributed by atoms with Gasteiger partial charge in [-0.3, -0.25) is 0 Å². The average Bonchev–Trinajstić information content (AvgIpc) is 2.73. The SMILES string of the molecule is CCN(CC(C)c1cccc(Cl)c1)C1CCCNCC1.Cl. The highest BCUT2D eigenvalue weighted by atomic mass is 35.5. The van der Waals surface area contributed by atoms with Crippen molar-refractivity contribution >= 4 is 24.0 Å². The summed E-state index contributed by atoms with van der Waals surface area (Å²) in [6.07, 6.45) is 3.89. The molecule has 1 aromatic carbocycles. The van der Waals surface area contributed by atoms with Crippen molar-refractivity contribution in [3.8, 4) is 0 Å². The molecule has 2 atom stereocenters.